The molecule has 0 aromatic heterocycles. The van der Waals surface area contributed by atoms with Gasteiger partial charge in [-0.05, 0) is 30.5 Å². The highest BCUT2D eigenvalue weighted by atomic mass is 16.5. The predicted molar refractivity (Wildman–Crippen MR) is 99.1 cm³/mol. The van der Waals surface area contributed by atoms with Crippen molar-refractivity contribution in [3.05, 3.63) is 41.2 Å². The van der Waals surface area contributed by atoms with E-state index in [1.165, 1.54) is 0 Å². The largest absolute Gasteiger partial charge is 0.503 e. The Morgan fingerprint density at radius 2 is 2.00 bits per heavy atom. The Kier molecular flexibility index (Phi) is 5.32. The molecule has 2 atom stereocenters. The van der Waals surface area contributed by atoms with Gasteiger partial charge in [-0.15, -0.1) is 0 Å². The van der Waals surface area contributed by atoms with Crippen molar-refractivity contribution in [2.45, 2.75) is 38.3 Å². The molecule has 2 heterocycles. The summed E-state index contributed by atoms with van der Waals surface area (Å²) in [5.74, 6) is -1.11. The topological polar surface area (TPSA) is 70.1 Å². The number of rotatable bonds is 6. The zero-order valence-corrected chi connectivity index (χ0v) is 15.6. The first-order chi connectivity index (χ1) is 12.4. The summed E-state index contributed by atoms with van der Waals surface area (Å²) in [6.45, 7) is 2.81. The fraction of sp³-hybridized carbons (Fsp3) is 0.500. The van der Waals surface area contributed by atoms with Crippen LogP contribution in [0.3, 0.4) is 0 Å². The lowest BCUT2D eigenvalue weighted by Gasteiger charge is -2.29. The third-order valence-corrected chi connectivity index (χ3v) is 5.07. The summed E-state index contributed by atoms with van der Waals surface area (Å²) in [7, 11) is 3.91. The molecule has 1 aromatic rings. The average Bonchev–Trinajstić information content (AvgIpc) is 3.23. The number of Topliss-reactive ketones (excluding diaryl/α,β-unsaturated/α-hetero) is 1. The van der Waals surface area contributed by atoms with Crippen molar-refractivity contribution in [2.75, 3.05) is 32.1 Å². The number of hydrogen-bond donors (Lipinski definition) is 1. The van der Waals surface area contributed by atoms with E-state index in [9.17, 15) is 14.7 Å². The van der Waals surface area contributed by atoms with E-state index < -0.39 is 17.7 Å². The van der Waals surface area contributed by atoms with Crippen LogP contribution in [0, 0.1) is 0 Å². The van der Waals surface area contributed by atoms with E-state index in [4.69, 9.17) is 4.74 Å². The Labute approximate surface area is 154 Å². The van der Waals surface area contributed by atoms with Crippen molar-refractivity contribution in [3.63, 3.8) is 0 Å². The third kappa shape index (κ3) is 3.33. The fourth-order valence-corrected chi connectivity index (χ4v) is 3.63. The van der Waals surface area contributed by atoms with Crippen LogP contribution in [0.2, 0.25) is 0 Å². The van der Waals surface area contributed by atoms with Gasteiger partial charge in [-0.1, -0.05) is 19.1 Å². The van der Waals surface area contributed by atoms with Crippen molar-refractivity contribution < 1.29 is 19.4 Å². The van der Waals surface area contributed by atoms with Crippen molar-refractivity contribution in [1.29, 1.82) is 0 Å². The van der Waals surface area contributed by atoms with Gasteiger partial charge >= 0.3 is 0 Å². The maximum Gasteiger partial charge on any atom is 0.290 e. The molecule has 1 saturated heterocycles. The minimum Gasteiger partial charge on any atom is -0.503 e. The SMILES string of the molecule is CCC(=O)C1=C(O)C(=O)N(CC2CCCO2)C1c1ccc(N(C)C)cc1. The summed E-state index contributed by atoms with van der Waals surface area (Å²) in [6, 6.07) is 7.17. The van der Waals surface area contributed by atoms with Crippen LogP contribution in [0.15, 0.2) is 35.6 Å². The highest BCUT2D eigenvalue weighted by molar-refractivity contribution is 6.08. The smallest absolute Gasteiger partial charge is 0.290 e. The minimum absolute atomic E-state index is 0.0497. The first-order valence-corrected chi connectivity index (χ1v) is 9.10. The number of amides is 1. The second-order valence-electron chi connectivity index (χ2n) is 7.02. The van der Waals surface area contributed by atoms with Gasteiger partial charge in [0.05, 0.1) is 17.7 Å². The molecule has 2 aliphatic rings. The molecule has 6 nitrogen and oxygen atoms in total. The van der Waals surface area contributed by atoms with Gasteiger partial charge in [0.2, 0.25) is 0 Å². The molecule has 0 radical (unpaired) electrons. The summed E-state index contributed by atoms with van der Waals surface area (Å²) in [4.78, 5) is 28.7. The quantitative estimate of drug-likeness (QED) is 0.846. The molecule has 1 aromatic carbocycles. The number of hydrogen-bond acceptors (Lipinski definition) is 5. The van der Waals surface area contributed by atoms with Crippen LogP contribution in [-0.2, 0) is 14.3 Å². The van der Waals surface area contributed by atoms with Crippen LogP contribution in [-0.4, -0.2) is 55.0 Å². The number of aliphatic hydroxyl groups excluding tert-OH is 1. The lowest BCUT2D eigenvalue weighted by Crippen LogP contribution is -2.37. The number of ether oxygens (including phenoxy) is 1. The summed E-state index contributed by atoms with van der Waals surface area (Å²) < 4.78 is 5.67. The fourth-order valence-electron chi connectivity index (χ4n) is 3.63. The standard InChI is InChI=1S/C20H26N2O4/c1-4-16(23)17-18(13-7-9-14(10-8-13)21(2)3)22(20(25)19(17)24)12-15-6-5-11-26-15/h7-10,15,18,24H,4-6,11-12H2,1-3H3. The van der Waals surface area contributed by atoms with Crippen molar-refractivity contribution >= 4 is 17.4 Å². The summed E-state index contributed by atoms with van der Waals surface area (Å²) in [5, 5.41) is 10.4. The van der Waals surface area contributed by atoms with Crippen molar-refractivity contribution in [1.82, 2.24) is 4.90 Å². The number of benzene rings is 1. The van der Waals surface area contributed by atoms with Gasteiger partial charge in [-0.3, -0.25) is 9.59 Å². The molecule has 1 fully saturated rings. The molecule has 0 bridgehead atoms. The van der Waals surface area contributed by atoms with Crippen LogP contribution in [0.25, 0.3) is 0 Å². The molecule has 0 aliphatic carbocycles. The van der Waals surface area contributed by atoms with Crippen LogP contribution >= 0.6 is 0 Å². The summed E-state index contributed by atoms with van der Waals surface area (Å²) in [5.41, 5.74) is 2.05. The number of aliphatic hydroxyl groups is 1. The van der Waals surface area contributed by atoms with Gasteiger partial charge in [0.15, 0.2) is 11.5 Å². The van der Waals surface area contributed by atoms with Crippen molar-refractivity contribution in [2.24, 2.45) is 0 Å². The lowest BCUT2D eigenvalue weighted by molar-refractivity contribution is -0.131. The van der Waals surface area contributed by atoms with Crippen LogP contribution in [0.4, 0.5) is 5.69 Å². The second-order valence-corrected chi connectivity index (χ2v) is 7.02. The molecule has 140 valence electrons. The van der Waals surface area contributed by atoms with E-state index in [0.29, 0.717) is 13.2 Å². The normalized spacial score (nSPS) is 23.0. The third-order valence-electron chi connectivity index (χ3n) is 5.07. The highest BCUT2D eigenvalue weighted by Gasteiger charge is 2.44. The maximum absolute atomic E-state index is 12.7. The molecule has 1 N–H and O–H groups in total. The van der Waals surface area contributed by atoms with Gasteiger partial charge in [0.1, 0.15) is 0 Å². The number of nitrogens with zero attached hydrogens (tertiary/aromatic N) is 2. The lowest BCUT2D eigenvalue weighted by atomic mass is 9.94. The van der Waals surface area contributed by atoms with E-state index in [-0.39, 0.29) is 23.9 Å². The Bertz CT molecular complexity index is 718. The molecule has 3 rings (SSSR count). The Balaban J connectivity index is 1.98. The van der Waals surface area contributed by atoms with Crippen LogP contribution in [0.5, 0.6) is 0 Å². The number of anilines is 1. The van der Waals surface area contributed by atoms with E-state index in [0.717, 1.165) is 24.1 Å². The molecule has 1 amide bonds. The van der Waals surface area contributed by atoms with Crippen LogP contribution in [0.1, 0.15) is 37.8 Å². The maximum atomic E-state index is 12.7. The first kappa shape index (κ1) is 18.5. The molecule has 6 heteroatoms. The summed E-state index contributed by atoms with van der Waals surface area (Å²) >= 11 is 0. The molecular weight excluding hydrogens is 332 g/mol. The zero-order chi connectivity index (χ0) is 18.8. The average molecular weight is 358 g/mol. The molecule has 26 heavy (non-hydrogen) atoms. The van der Waals surface area contributed by atoms with Gasteiger partial charge in [0, 0.05) is 39.4 Å². The number of carbonyl (C=O) groups excluding carboxylic acids is 2. The summed E-state index contributed by atoms with van der Waals surface area (Å²) in [6.07, 6.45) is 2.04. The Morgan fingerprint density at radius 3 is 2.54 bits per heavy atom. The Morgan fingerprint density at radius 1 is 1.31 bits per heavy atom. The second kappa shape index (κ2) is 7.50. The van der Waals surface area contributed by atoms with E-state index in [2.05, 4.69) is 0 Å². The predicted octanol–water partition coefficient (Wildman–Crippen LogP) is 2.61. The first-order valence-electron chi connectivity index (χ1n) is 9.10. The van der Waals surface area contributed by atoms with Gasteiger partial charge in [-0.25, -0.2) is 0 Å². The van der Waals surface area contributed by atoms with E-state index in [1.54, 1.807) is 11.8 Å². The van der Waals surface area contributed by atoms with Gasteiger partial charge in [-0.2, -0.15) is 0 Å². The van der Waals surface area contributed by atoms with Gasteiger partial charge in [0.25, 0.3) is 5.91 Å². The monoisotopic (exact) mass is 358 g/mol. The highest BCUT2D eigenvalue weighted by Crippen LogP contribution is 2.39. The van der Waals surface area contributed by atoms with Crippen LogP contribution < -0.4 is 4.90 Å². The molecule has 0 spiro atoms. The van der Waals surface area contributed by atoms with E-state index >= 15 is 0 Å². The zero-order valence-electron chi connectivity index (χ0n) is 15.6. The number of ketones is 1. The molecule has 2 unspecified atom stereocenters. The van der Waals surface area contributed by atoms with Crippen molar-refractivity contribution in [3.8, 4) is 0 Å². The molecule has 2 aliphatic heterocycles. The number of carbonyl (C=O) groups is 2. The van der Waals surface area contributed by atoms with E-state index in [1.807, 2.05) is 43.3 Å². The Hall–Kier alpha value is -2.34. The minimum atomic E-state index is -0.560. The molecular formula is C20H26N2O4. The molecule has 0 saturated carbocycles. The van der Waals surface area contributed by atoms with Gasteiger partial charge < -0.3 is 19.6 Å².